The molecule has 0 radical (unpaired) electrons. The number of rotatable bonds is 2. The van der Waals surface area contributed by atoms with Crippen LogP contribution < -0.4 is 5.32 Å². The number of hydrogen-bond donors (Lipinski definition) is 1. The lowest BCUT2D eigenvalue weighted by atomic mass is 9.98. The van der Waals surface area contributed by atoms with Gasteiger partial charge in [0.15, 0.2) is 0 Å². The monoisotopic (exact) mass is 233 g/mol. The van der Waals surface area contributed by atoms with Gasteiger partial charge in [0.25, 0.3) is 0 Å². The SMILES string of the molecule is CC1CN(Cc2ccncc2)C(C)(C)CCN1. The summed E-state index contributed by atoms with van der Waals surface area (Å²) >= 11 is 0. The molecule has 1 aromatic heterocycles. The van der Waals surface area contributed by atoms with Gasteiger partial charge >= 0.3 is 0 Å². The van der Waals surface area contributed by atoms with Gasteiger partial charge in [0.1, 0.15) is 0 Å². The molecule has 1 unspecified atom stereocenters. The highest BCUT2D eigenvalue weighted by Gasteiger charge is 2.30. The Balaban J connectivity index is 2.11. The first-order valence-electron chi connectivity index (χ1n) is 6.45. The van der Waals surface area contributed by atoms with Crippen LogP contribution in [0.25, 0.3) is 0 Å². The molecule has 1 aromatic rings. The van der Waals surface area contributed by atoms with E-state index in [9.17, 15) is 0 Å². The number of nitrogens with zero attached hydrogens (tertiary/aromatic N) is 2. The molecule has 0 aromatic carbocycles. The molecule has 17 heavy (non-hydrogen) atoms. The second-order valence-electron chi connectivity index (χ2n) is 5.65. The number of pyridine rings is 1. The average molecular weight is 233 g/mol. The largest absolute Gasteiger partial charge is 0.313 e. The molecule has 94 valence electrons. The van der Waals surface area contributed by atoms with Crippen LogP contribution in [0.5, 0.6) is 0 Å². The predicted molar refractivity (Wildman–Crippen MR) is 70.8 cm³/mol. The molecule has 1 fully saturated rings. The van der Waals surface area contributed by atoms with Crippen molar-refractivity contribution in [1.82, 2.24) is 15.2 Å². The molecule has 0 bridgehead atoms. The van der Waals surface area contributed by atoms with E-state index in [1.54, 1.807) is 0 Å². The zero-order valence-electron chi connectivity index (χ0n) is 11.1. The van der Waals surface area contributed by atoms with E-state index in [0.29, 0.717) is 6.04 Å². The van der Waals surface area contributed by atoms with Gasteiger partial charge in [-0.1, -0.05) is 0 Å². The number of aromatic nitrogens is 1. The van der Waals surface area contributed by atoms with Crippen molar-refractivity contribution >= 4 is 0 Å². The van der Waals surface area contributed by atoms with Crippen LogP contribution in [-0.2, 0) is 6.54 Å². The molecular weight excluding hydrogens is 210 g/mol. The Hall–Kier alpha value is -0.930. The van der Waals surface area contributed by atoms with Crippen molar-refractivity contribution in [3.05, 3.63) is 30.1 Å². The molecule has 3 nitrogen and oxygen atoms in total. The van der Waals surface area contributed by atoms with Crippen molar-refractivity contribution in [2.24, 2.45) is 0 Å². The van der Waals surface area contributed by atoms with E-state index in [-0.39, 0.29) is 5.54 Å². The first-order valence-corrected chi connectivity index (χ1v) is 6.45. The van der Waals surface area contributed by atoms with E-state index in [0.717, 1.165) is 19.6 Å². The van der Waals surface area contributed by atoms with Gasteiger partial charge in [0.2, 0.25) is 0 Å². The van der Waals surface area contributed by atoms with Crippen molar-refractivity contribution in [3.8, 4) is 0 Å². The van der Waals surface area contributed by atoms with Crippen LogP contribution in [0.1, 0.15) is 32.8 Å². The molecule has 2 heterocycles. The summed E-state index contributed by atoms with van der Waals surface area (Å²) in [5.41, 5.74) is 1.61. The van der Waals surface area contributed by atoms with Crippen LogP contribution in [0.2, 0.25) is 0 Å². The third-order valence-corrected chi connectivity index (χ3v) is 3.70. The Morgan fingerprint density at radius 1 is 1.41 bits per heavy atom. The van der Waals surface area contributed by atoms with Crippen molar-refractivity contribution in [1.29, 1.82) is 0 Å². The minimum absolute atomic E-state index is 0.265. The molecule has 0 saturated carbocycles. The second kappa shape index (κ2) is 5.15. The molecule has 1 atom stereocenters. The Morgan fingerprint density at radius 2 is 2.12 bits per heavy atom. The van der Waals surface area contributed by atoms with Crippen LogP contribution in [0, 0.1) is 0 Å². The third-order valence-electron chi connectivity index (χ3n) is 3.70. The summed E-state index contributed by atoms with van der Waals surface area (Å²) in [6.07, 6.45) is 4.95. The Bertz CT molecular complexity index is 348. The summed E-state index contributed by atoms with van der Waals surface area (Å²) in [4.78, 5) is 6.65. The zero-order chi connectivity index (χ0) is 12.3. The Kier molecular flexibility index (Phi) is 3.79. The van der Waals surface area contributed by atoms with Crippen LogP contribution in [0.3, 0.4) is 0 Å². The smallest absolute Gasteiger partial charge is 0.0271 e. The Labute approximate surface area is 104 Å². The van der Waals surface area contributed by atoms with Crippen LogP contribution in [-0.4, -0.2) is 34.6 Å². The van der Waals surface area contributed by atoms with Crippen LogP contribution in [0.15, 0.2) is 24.5 Å². The summed E-state index contributed by atoms with van der Waals surface area (Å²) in [5.74, 6) is 0. The van der Waals surface area contributed by atoms with Gasteiger partial charge in [-0.05, 0) is 51.4 Å². The first kappa shape index (κ1) is 12.5. The van der Waals surface area contributed by atoms with Gasteiger partial charge in [-0.2, -0.15) is 0 Å². The highest BCUT2D eigenvalue weighted by atomic mass is 15.2. The summed E-state index contributed by atoms with van der Waals surface area (Å²) in [7, 11) is 0. The Morgan fingerprint density at radius 3 is 2.82 bits per heavy atom. The minimum Gasteiger partial charge on any atom is -0.313 e. The maximum Gasteiger partial charge on any atom is 0.0271 e. The van der Waals surface area contributed by atoms with Crippen molar-refractivity contribution in [2.45, 2.75) is 45.3 Å². The van der Waals surface area contributed by atoms with E-state index in [4.69, 9.17) is 0 Å². The van der Waals surface area contributed by atoms with E-state index in [2.05, 4.69) is 48.1 Å². The maximum atomic E-state index is 4.08. The normalized spacial score (nSPS) is 25.5. The predicted octanol–water partition coefficient (Wildman–Crippen LogP) is 2.04. The second-order valence-corrected chi connectivity index (χ2v) is 5.65. The fraction of sp³-hybridized carbons (Fsp3) is 0.643. The molecule has 3 heteroatoms. The highest BCUT2D eigenvalue weighted by Crippen LogP contribution is 2.23. The topological polar surface area (TPSA) is 28.2 Å². The lowest BCUT2D eigenvalue weighted by molar-refractivity contribution is 0.112. The highest BCUT2D eigenvalue weighted by molar-refractivity contribution is 5.10. The molecule has 1 aliphatic rings. The van der Waals surface area contributed by atoms with Gasteiger partial charge in [0.05, 0.1) is 0 Å². The van der Waals surface area contributed by atoms with Gasteiger partial charge < -0.3 is 5.32 Å². The lowest BCUT2D eigenvalue weighted by Gasteiger charge is -2.37. The van der Waals surface area contributed by atoms with Gasteiger partial charge in [-0.15, -0.1) is 0 Å². The lowest BCUT2D eigenvalue weighted by Crippen LogP contribution is -2.45. The molecule has 1 aliphatic heterocycles. The van der Waals surface area contributed by atoms with Gasteiger partial charge in [-0.3, -0.25) is 9.88 Å². The van der Waals surface area contributed by atoms with Crippen LogP contribution >= 0.6 is 0 Å². The average Bonchev–Trinajstić information content (AvgIpc) is 2.40. The van der Waals surface area contributed by atoms with Gasteiger partial charge in [0, 0.05) is 37.1 Å². The van der Waals surface area contributed by atoms with Crippen molar-refractivity contribution < 1.29 is 0 Å². The molecule has 0 aliphatic carbocycles. The van der Waals surface area contributed by atoms with E-state index in [1.165, 1.54) is 12.0 Å². The molecule has 1 saturated heterocycles. The maximum absolute atomic E-state index is 4.08. The molecule has 0 spiro atoms. The summed E-state index contributed by atoms with van der Waals surface area (Å²) < 4.78 is 0. The van der Waals surface area contributed by atoms with E-state index < -0.39 is 0 Å². The molecule has 2 rings (SSSR count). The number of hydrogen-bond acceptors (Lipinski definition) is 3. The molecule has 1 N–H and O–H groups in total. The van der Waals surface area contributed by atoms with Crippen molar-refractivity contribution in [2.75, 3.05) is 13.1 Å². The van der Waals surface area contributed by atoms with Gasteiger partial charge in [-0.25, -0.2) is 0 Å². The zero-order valence-corrected chi connectivity index (χ0v) is 11.1. The quantitative estimate of drug-likeness (QED) is 0.847. The third kappa shape index (κ3) is 3.27. The molecule has 0 amide bonds. The summed E-state index contributed by atoms with van der Waals surface area (Å²) in [5, 5.41) is 3.56. The van der Waals surface area contributed by atoms with E-state index >= 15 is 0 Å². The standard InChI is InChI=1S/C14H23N3/c1-12-10-17(14(2,3)6-9-16-12)11-13-4-7-15-8-5-13/h4-5,7-8,12,16H,6,9-11H2,1-3H3. The van der Waals surface area contributed by atoms with E-state index in [1.807, 2.05) is 12.4 Å². The number of nitrogens with one attached hydrogen (secondary N) is 1. The van der Waals surface area contributed by atoms with Crippen LogP contribution in [0.4, 0.5) is 0 Å². The summed E-state index contributed by atoms with van der Waals surface area (Å²) in [6.45, 7) is 10.2. The fourth-order valence-corrected chi connectivity index (χ4v) is 2.41. The van der Waals surface area contributed by atoms with Crippen molar-refractivity contribution in [3.63, 3.8) is 0 Å². The molecular formula is C14H23N3. The first-order chi connectivity index (χ1) is 8.08. The summed E-state index contributed by atoms with van der Waals surface area (Å²) in [6, 6.07) is 4.79. The fourth-order valence-electron chi connectivity index (χ4n) is 2.41. The minimum atomic E-state index is 0.265.